The minimum atomic E-state index is -4.27. The van der Waals surface area contributed by atoms with E-state index >= 15 is 0 Å². The fraction of sp³-hybridized carbons (Fsp3) is 0.875. The highest BCUT2D eigenvalue weighted by Crippen LogP contribution is 2.62. The van der Waals surface area contributed by atoms with E-state index in [1.54, 1.807) is 48.5 Å². The summed E-state index contributed by atoms with van der Waals surface area (Å²) in [5.74, 6) is 0.179. The lowest BCUT2D eigenvalue weighted by molar-refractivity contribution is -0.0818. The Morgan fingerprint density at radius 3 is 1.25 bits per heavy atom. The molecule has 0 aromatic carbocycles. The molecule has 23 nitrogen and oxygen atoms in total. The molecule has 0 heterocycles. The number of hydrogen-bond acceptors (Lipinski definition) is 21. The average Bonchev–Trinajstić information content (AvgIpc) is 3.18. The molecule has 0 spiro atoms. The smallest absolute Gasteiger partial charge is 0.444 e. The molecule has 4 N–H and O–H groups in total. The molecule has 3 unspecified atom stereocenters. The number of rotatable bonds is 27. The van der Waals surface area contributed by atoms with Gasteiger partial charge in [0.05, 0.1) is 19.8 Å². The highest BCUT2D eigenvalue weighted by atomic mass is 35.5. The summed E-state index contributed by atoms with van der Waals surface area (Å²) >= 11 is 6.74. The maximum Gasteiger partial charge on any atom is 0.510 e. The summed E-state index contributed by atoms with van der Waals surface area (Å²) in [5, 5.41) is 6.13. The number of nitrogens with one attached hydrogen (secondary N) is 2. The summed E-state index contributed by atoms with van der Waals surface area (Å²) < 4.78 is 74.6. The molecule has 2 amide bonds. The first-order chi connectivity index (χ1) is 31.2. The number of alkyl halides is 1. The minimum absolute atomic E-state index is 0.0601. The molecule has 0 bridgehead atoms. The van der Waals surface area contributed by atoms with Gasteiger partial charge in [-0.3, -0.25) is 9.05 Å². The molecule has 3 atom stereocenters. The Bertz CT molecular complexity index is 1450. The highest BCUT2D eigenvalue weighted by molar-refractivity contribution is 8.55. The van der Waals surface area contributed by atoms with Gasteiger partial charge < -0.3 is 68.1 Å². The van der Waals surface area contributed by atoms with E-state index in [1.807, 2.05) is 34.9 Å². The van der Waals surface area contributed by atoms with Crippen LogP contribution in [0.15, 0.2) is 0 Å². The van der Waals surface area contributed by atoms with E-state index in [-0.39, 0.29) is 38.0 Å². The van der Waals surface area contributed by atoms with Crippen molar-refractivity contribution in [2.24, 2.45) is 11.8 Å². The largest absolute Gasteiger partial charge is 0.510 e. The monoisotopic (exact) mass is 1080 g/mol. The molecule has 0 aliphatic heterocycles. The Kier molecular flexibility index (Phi) is 38.4. The summed E-state index contributed by atoms with van der Waals surface area (Å²) in [6, 6.07) is 0. The number of ether oxygens (including phenoxy) is 8. The first-order valence-electron chi connectivity index (χ1n) is 21.9. The maximum atomic E-state index is 13.4. The summed E-state index contributed by atoms with van der Waals surface area (Å²) in [6.45, 7) is 14.6. The van der Waals surface area contributed by atoms with Crippen LogP contribution in [0.4, 0.5) is 24.0 Å². The van der Waals surface area contributed by atoms with Gasteiger partial charge in [0.1, 0.15) is 11.2 Å². The Labute approximate surface area is 416 Å². The van der Waals surface area contributed by atoms with Crippen LogP contribution in [0.25, 0.3) is 0 Å². The molecule has 0 fully saturated rings. The van der Waals surface area contributed by atoms with Crippen LogP contribution in [0.3, 0.4) is 0 Å². The van der Waals surface area contributed by atoms with Crippen molar-refractivity contribution in [3.05, 3.63) is 0 Å². The Balaban J connectivity index is -0.00000104. The van der Waals surface area contributed by atoms with Gasteiger partial charge >= 0.3 is 44.2 Å². The maximum absolute atomic E-state index is 13.4. The van der Waals surface area contributed by atoms with Gasteiger partial charge in [-0.1, -0.05) is 32.4 Å². The fourth-order valence-corrected chi connectivity index (χ4v) is 10.3. The van der Waals surface area contributed by atoms with Crippen molar-refractivity contribution in [3.8, 4) is 0 Å². The van der Waals surface area contributed by atoms with Crippen molar-refractivity contribution in [2.45, 2.75) is 132 Å². The van der Waals surface area contributed by atoms with Gasteiger partial charge in [-0.2, -0.15) is 0 Å². The van der Waals surface area contributed by atoms with Crippen LogP contribution in [0.1, 0.15) is 102 Å². The van der Waals surface area contributed by atoms with Crippen LogP contribution >= 0.6 is 48.0 Å². The zero-order valence-corrected chi connectivity index (χ0v) is 46.9. The SMILES string of the molecule is CCCOC(=O)OC(C)Cl.CCCOC(=O)OC(C)OP(=O)(OC(C)OC(=O)OCCC)SCC(CNC)CNC.CN(CC(CSP(=O)(O)O)CN(C)C(=O)OC(C)(C)C)C(=O)OC(C)(C)C. The highest BCUT2D eigenvalue weighted by Gasteiger charge is 2.35. The van der Waals surface area contributed by atoms with Crippen LogP contribution < -0.4 is 10.6 Å². The Morgan fingerprint density at radius 2 is 0.956 bits per heavy atom. The zero-order chi connectivity index (χ0) is 53.3. The minimum Gasteiger partial charge on any atom is -0.444 e. The Hall–Kier alpha value is -2.44. The first kappa shape index (κ1) is 69.8. The van der Waals surface area contributed by atoms with Gasteiger partial charge in [0, 0.05) is 44.6 Å². The number of carbonyl (C=O) groups excluding carboxylic acids is 5. The topological polar surface area (TPSA) is 283 Å². The van der Waals surface area contributed by atoms with Crippen LogP contribution in [0.2, 0.25) is 0 Å². The number of hydrogen-bond donors (Lipinski definition) is 4. The average molecular weight is 1080 g/mol. The second kappa shape index (κ2) is 37.4. The van der Waals surface area contributed by atoms with Crippen molar-refractivity contribution in [3.63, 3.8) is 0 Å². The second-order valence-corrected chi connectivity index (χ2v) is 25.0. The molecule has 0 aliphatic rings. The van der Waals surface area contributed by atoms with E-state index < -0.39 is 79.5 Å². The second-order valence-electron chi connectivity index (χ2n) is 16.6. The molecule has 28 heteroatoms. The molecule has 0 rings (SSSR count). The molecule has 0 aromatic heterocycles. The van der Waals surface area contributed by atoms with E-state index in [0.717, 1.165) is 17.8 Å². The lowest BCUT2D eigenvalue weighted by Crippen LogP contribution is -2.42. The third-order valence-electron chi connectivity index (χ3n) is 7.02. The first-order valence-corrected chi connectivity index (χ1v) is 28.7. The summed E-state index contributed by atoms with van der Waals surface area (Å²) in [6.07, 6.45) is -4.07. The number of halogens is 1. The molecule has 0 aliphatic carbocycles. The van der Waals surface area contributed by atoms with Gasteiger partial charge in [0.25, 0.3) is 0 Å². The van der Waals surface area contributed by atoms with Gasteiger partial charge in [-0.25, -0.2) is 33.1 Å². The summed E-state index contributed by atoms with van der Waals surface area (Å²) in [4.78, 5) is 79.0. The van der Waals surface area contributed by atoms with Gasteiger partial charge in [0.15, 0.2) is 5.56 Å². The molecule has 0 radical (unpaired) electrons. The van der Waals surface area contributed by atoms with Crippen molar-refractivity contribution in [1.29, 1.82) is 0 Å². The summed E-state index contributed by atoms with van der Waals surface area (Å²) in [5.41, 5.74) is -1.94. The molecule has 0 aromatic rings. The standard InChI is InChI=1S/C18H37N2O9PS.C16H33N2O7PS.C6H11ClO3/c1-7-9-24-17(21)26-14(3)28-30(23,31-13-16(11-19-5)12-20-6)29-15(4)27-18(22)25-10-8-2;1-15(2,3)24-13(19)17(7)9-12(11-27-26(21,22)23)10-18(8)14(20)25-16(4,5)6;1-3-4-9-6(8)10-5(2)7/h14-16,19-20H,7-13H2,1-6H3;12H,9-11H2,1-8H3,(H2,21,22,23);5H,3-4H2,1-2H3. The lowest BCUT2D eigenvalue weighted by atomic mass is 10.1. The van der Waals surface area contributed by atoms with Crippen molar-refractivity contribution in [1.82, 2.24) is 20.4 Å². The van der Waals surface area contributed by atoms with Crippen molar-refractivity contribution < 1.29 is 89.8 Å². The van der Waals surface area contributed by atoms with E-state index in [9.17, 15) is 33.1 Å². The lowest BCUT2D eigenvalue weighted by Gasteiger charge is -2.30. The zero-order valence-electron chi connectivity index (χ0n) is 42.7. The van der Waals surface area contributed by atoms with Crippen LogP contribution in [-0.2, 0) is 56.1 Å². The van der Waals surface area contributed by atoms with E-state index in [4.69, 9.17) is 58.9 Å². The summed E-state index contributed by atoms with van der Waals surface area (Å²) in [7, 11) is 6.71. The van der Waals surface area contributed by atoms with Crippen molar-refractivity contribution in [2.75, 3.05) is 85.7 Å². The molecule has 0 saturated heterocycles. The van der Waals surface area contributed by atoms with E-state index in [2.05, 4.69) is 20.1 Å². The molecule has 0 saturated carbocycles. The number of carbonyl (C=O) groups is 5. The van der Waals surface area contributed by atoms with E-state index in [1.165, 1.54) is 37.7 Å². The molecule has 404 valence electrons. The third kappa shape index (κ3) is 43.6. The normalized spacial score (nSPS) is 13.7. The molecule has 68 heavy (non-hydrogen) atoms. The molecular formula is C40H81ClN4O19P2S2. The number of amides is 2. The number of nitrogens with zero attached hydrogens (tertiary/aromatic N) is 2. The predicted octanol–water partition coefficient (Wildman–Crippen LogP) is 9.03. The van der Waals surface area contributed by atoms with E-state index in [0.29, 0.717) is 49.7 Å². The third-order valence-corrected chi connectivity index (χ3v) is 13.5. The Morgan fingerprint density at radius 1 is 0.618 bits per heavy atom. The van der Waals surface area contributed by atoms with Crippen LogP contribution in [0.5, 0.6) is 0 Å². The van der Waals surface area contributed by atoms with Gasteiger partial charge in [-0.05, 0) is 137 Å². The molecular weight excluding hydrogens is 1000 g/mol. The van der Waals surface area contributed by atoms with Gasteiger partial charge in [0.2, 0.25) is 12.6 Å². The van der Waals surface area contributed by atoms with Gasteiger partial charge in [-0.15, -0.1) is 0 Å². The van der Waals surface area contributed by atoms with Crippen LogP contribution in [-0.4, -0.2) is 165 Å². The fourth-order valence-electron chi connectivity index (χ4n) is 4.49. The predicted molar refractivity (Wildman–Crippen MR) is 262 cm³/mol. The quantitative estimate of drug-likeness (QED) is 0.0196. The van der Waals surface area contributed by atoms with Crippen LogP contribution in [0, 0.1) is 11.8 Å². The van der Waals surface area contributed by atoms with Crippen molar-refractivity contribution >= 4 is 78.6 Å².